The number of hydrogen-bond acceptors (Lipinski definition) is 4. The van der Waals surface area contributed by atoms with Crippen LogP contribution in [0, 0.1) is 13.8 Å². The average Bonchev–Trinajstić information content (AvgIpc) is 3.13. The number of rotatable bonds is 5. The molecule has 0 bridgehead atoms. The number of nitrogens with one attached hydrogen (secondary N) is 2. The lowest BCUT2D eigenvalue weighted by molar-refractivity contribution is 0.686. The summed E-state index contributed by atoms with van der Waals surface area (Å²) in [7, 11) is 0.233. The molecule has 0 amide bonds. The molecule has 26 heavy (non-hydrogen) atoms. The number of benzene rings is 1. The molecule has 1 aromatic carbocycles. The van der Waals surface area contributed by atoms with Gasteiger partial charge in [0.1, 0.15) is 5.82 Å². The lowest BCUT2D eigenvalue weighted by Gasteiger charge is -2.18. The van der Waals surface area contributed by atoms with Crippen molar-refractivity contribution in [3.63, 3.8) is 0 Å². The summed E-state index contributed by atoms with van der Waals surface area (Å²) in [5, 5.41) is 7.42. The molecule has 136 valence electrons. The average molecular weight is 408 g/mol. The highest BCUT2D eigenvalue weighted by Crippen LogP contribution is 2.30. The molecule has 0 saturated carbocycles. The minimum absolute atomic E-state index is 0.136. The molecule has 0 spiro atoms. The monoisotopic (exact) mass is 407 g/mol. The highest BCUT2D eigenvalue weighted by atomic mass is 35.5. The lowest BCUT2D eigenvalue weighted by atomic mass is 10.2. The van der Waals surface area contributed by atoms with E-state index in [-0.39, 0.29) is 5.56 Å². The maximum Gasteiger partial charge on any atom is 0.254 e. The van der Waals surface area contributed by atoms with E-state index in [0.717, 1.165) is 5.56 Å². The summed E-state index contributed by atoms with van der Waals surface area (Å²) in [5.41, 5.74) is 2.68. The van der Waals surface area contributed by atoms with E-state index >= 15 is 0 Å². The molecule has 3 aromatic rings. The third-order valence-electron chi connectivity index (χ3n) is 3.88. The van der Waals surface area contributed by atoms with Crippen LogP contribution in [0.5, 0.6) is 0 Å². The molecule has 2 aromatic heterocycles. The number of nitrogens with zero attached hydrogens (tertiary/aromatic N) is 1. The SMILES string of the molecule is Cc1ccc(Nc2c(NS(=O)c3ccsc3)cc(C)c(=O)n2C)c(Cl)c1. The number of halogens is 1. The van der Waals surface area contributed by atoms with E-state index in [0.29, 0.717) is 32.7 Å². The van der Waals surface area contributed by atoms with Crippen LogP contribution < -0.4 is 15.6 Å². The highest BCUT2D eigenvalue weighted by molar-refractivity contribution is 7.86. The fraction of sp³-hybridized carbons (Fsp3) is 0.167. The molecule has 2 heterocycles. The number of pyridine rings is 1. The van der Waals surface area contributed by atoms with Gasteiger partial charge in [0.25, 0.3) is 5.56 Å². The van der Waals surface area contributed by atoms with Crippen LogP contribution in [0.2, 0.25) is 5.02 Å². The van der Waals surface area contributed by atoms with Gasteiger partial charge in [0.05, 0.1) is 21.3 Å². The maximum atomic E-state index is 12.6. The Morgan fingerprint density at radius 2 is 1.92 bits per heavy atom. The number of aromatic nitrogens is 1. The topological polar surface area (TPSA) is 63.1 Å². The summed E-state index contributed by atoms with van der Waals surface area (Å²) in [5.74, 6) is 0.495. The standard InChI is InChI=1S/C18H18ClN3O2S2/c1-11-4-5-15(14(19)8-11)20-17-16(9-12(2)18(23)22(17)3)21-26(24)13-6-7-25-10-13/h4-10,20-21H,1-3H3. The van der Waals surface area contributed by atoms with Crippen LogP contribution in [0.3, 0.4) is 0 Å². The lowest BCUT2D eigenvalue weighted by Crippen LogP contribution is -2.23. The summed E-state index contributed by atoms with van der Waals surface area (Å²) < 4.78 is 17.0. The molecular weight excluding hydrogens is 390 g/mol. The summed E-state index contributed by atoms with van der Waals surface area (Å²) >= 11 is 7.79. The summed E-state index contributed by atoms with van der Waals surface area (Å²) in [6.07, 6.45) is 0. The second-order valence-corrected chi connectivity index (χ2v) is 8.29. The number of thiophene rings is 1. The van der Waals surface area contributed by atoms with Gasteiger partial charge in [0.2, 0.25) is 0 Å². The van der Waals surface area contributed by atoms with E-state index in [1.807, 2.05) is 35.9 Å². The molecule has 1 atom stereocenters. The van der Waals surface area contributed by atoms with Crippen LogP contribution in [-0.4, -0.2) is 8.78 Å². The van der Waals surface area contributed by atoms with Crippen LogP contribution in [0.4, 0.5) is 17.2 Å². The number of anilines is 3. The van der Waals surface area contributed by atoms with Gasteiger partial charge in [-0.3, -0.25) is 14.1 Å². The van der Waals surface area contributed by atoms with Crippen molar-refractivity contribution in [2.75, 3.05) is 10.0 Å². The van der Waals surface area contributed by atoms with Gasteiger partial charge in [-0.25, -0.2) is 4.21 Å². The van der Waals surface area contributed by atoms with Gasteiger partial charge in [-0.1, -0.05) is 17.7 Å². The van der Waals surface area contributed by atoms with Gasteiger partial charge < -0.3 is 5.32 Å². The Hall–Kier alpha value is -2.09. The van der Waals surface area contributed by atoms with Gasteiger partial charge in [-0.15, -0.1) is 0 Å². The molecule has 0 aliphatic rings. The van der Waals surface area contributed by atoms with Crippen molar-refractivity contribution < 1.29 is 4.21 Å². The minimum atomic E-state index is -1.43. The Morgan fingerprint density at radius 1 is 1.15 bits per heavy atom. The van der Waals surface area contributed by atoms with Crippen LogP contribution in [0.1, 0.15) is 11.1 Å². The van der Waals surface area contributed by atoms with Gasteiger partial charge in [-0.2, -0.15) is 11.3 Å². The third kappa shape index (κ3) is 3.85. The van der Waals surface area contributed by atoms with E-state index in [1.54, 1.807) is 26.1 Å². The third-order valence-corrected chi connectivity index (χ3v) is 6.12. The Kier molecular flexibility index (Phi) is 5.50. The molecule has 5 nitrogen and oxygen atoms in total. The Balaban J connectivity index is 2.03. The summed E-state index contributed by atoms with van der Waals surface area (Å²) in [4.78, 5) is 13.1. The molecule has 0 aliphatic heterocycles. The first-order valence-electron chi connectivity index (χ1n) is 7.81. The number of hydrogen-bond donors (Lipinski definition) is 2. The van der Waals surface area contributed by atoms with E-state index in [1.165, 1.54) is 15.9 Å². The zero-order chi connectivity index (χ0) is 18.8. The Labute approximate surface area is 163 Å². The van der Waals surface area contributed by atoms with Gasteiger partial charge in [-0.05, 0) is 49.1 Å². The van der Waals surface area contributed by atoms with Crippen LogP contribution in [0.15, 0.2) is 50.8 Å². The highest BCUT2D eigenvalue weighted by Gasteiger charge is 2.15. The van der Waals surface area contributed by atoms with Gasteiger partial charge >= 0.3 is 0 Å². The Bertz CT molecular complexity index is 1030. The van der Waals surface area contributed by atoms with Crippen molar-refractivity contribution >= 4 is 51.1 Å². The molecule has 1 unspecified atom stereocenters. The molecule has 0 fully saturated rings. The smallest absolute Gasteiger partial charge is 0.254 e. The van der Waals surface area contributed by atoms with Crippen LogP contribution in [0.25, 0.3) is 0 Å². The van der Waals surface area contributed by atoms with E-state index in [9.17, 15) is 9.00 Å². The van der Waals surface area contributed by atoms with Gasteiger partial charge in [0, 0.05) is 18.0 Å². The maximum absolute atomic E-state index is 12.6. The second-order valence-electron chi connectivity index (χ2n) is 5.89. The van der Waals surface area contributed by atoms with Crippen molar-refractivity contribution in [2.45, 2.75) is 18.7 Å². The van der Waals surface area contributed by atoms with Crippen molar-refractivity contribution in [2.24, 2.45) is 7.05 Å². The molecular formula is C18H18ClN3O2S2. The first-order valence-corrected chi connectivity index (χ1v) is 10.3. The van der Waals surface area contributed by atoms with E-state index in [2.05, 4.69) is 10.0 Å². The molecule has 3 rings (SSSR count). The molecule has 0 aliphatic carbocycles. The Morgan fingerprint density at radius 3 is 2.58 bits per heavy atom. The van der Waals surface area contributed by atoms with Gasteiger partial charge in [0.15, 0.2) is 11.0 Å². The van der Waals surface area contributed by atoms with E-state index in [4.69, 9.17) is 11.6 Å². The zero-order valence-electron chi connectivity index (χ0n) is 14.5. The largest absolute Gasteiger partial charge is 0.339 e. The summed E-state index contributed by atoms with van der Waals surface area (Å²) in [6, 6.07) is 9.11. The fourth-order valence-corrected chi connectivity index (χ4v) is 4.55. The molecule has 0 saturated heterocycles. The number of aryl methyl sites for hydroxylation is 2. The predicted octanol–water partition coefficient (Wildman–Crippen LogP) is 4.60. The first-order chi connectivity index (χ1) is 12.4. The second kappa shape index (κ2) is 7.65. The first kappa shape index (κ1) is 18.7. The fourth-order valence-electron chi connectivity index (χ4n) is 2.49. The zero-order valence-corrected chi connectivity index (χ0v) is 16.9. The minimum Gasteiger partial charge on any atom is -0.339 e. The normalized spacial score (nSPS) is 12.0. The molecule has 0 radical (unpaired) electrons. The predicted molar refractivity (Wildman–Crippen MR) is 110 cm³/mol. The van der Waals surface area contributed by atoms with Crippen molar-refractivity contribution in [1.29, 1.82) is 0 Å². The van der Waals surface area contributed by atoms with Crippen LogP contribution >= 0.6 is 22.9 Å². The summed E-state index contributed by atoms with van der Waals surface area (Å²) in [6.45, 7) is 3.68. The van der Waals surface area contributed by atoms with Crippen molar-refractivity contribution in [1.82, 2.24) is 4.57 Å². The van der Waals surface area contributed by atoms with Crippen LogP contribution in [-0.2, 0) is 18.0 Å². The van der Waals surface area contributed by atoms with E-state index < -0.39 is 11.0 Å². The molecule has 2 N–H and O–H groups in total. The van der Waals surface area contributed by atoms with Crippen molar-refractivity contribution in [3.05, 3.63) is 67.6 Å². The molecule has 8 heteroatoms. The quantitative estimate of drug-likeness (QED) is 0.649. The van der Waals surface area contributed by atoms with Crippen molar-refractivity contribution in [3.8, 4) is 0 Å².